The van der Waals surface area contributed by atoms with Crippen molar-refractivity contribution in [2.75, 3.05) is 6.61 Å². The standard InChI is InChI=1S/C10H11ClO/c1-8-4-5-9(3-2-6-12)10(11)7-8/h2-5,7,12H,6H2,1H3. The van der Waals surface area contributed by atoms with E-state index in [0.29, 0.717) is 0 Å². The minimum Gasteiger partial charge on any atom is -0.392 e. The molecule has 0 spiro atoms. The third-order valence-corrected chi connectivity index (χ3v) is 1.89. The van der Waals surface area contributed by atoms with Crippen LogP contribution in [0.5, 0.6) is 0 Å². The number of aliphatic hydroxyl groups excluding tert-OH is 1. The summed E-state index contributed by atoms with van der Waals surface area (Å²) in [7, 11) is 0. The highest BCUT2D eigenvalue weighted by atomic mass is 35.5. The second-order valence-corrected chi connectivity index (χ2v) is 3.02. The maximum absolute atomic E-state index is 8.54. The lowest BCUT2D eigenvalue weighted by molar-refractivity contribution is 0.343. The highest BCUT2D eigenvalue weighted by Gasteiger charge is 1.94. The van der Waals surface area contributed by atoms with Crippen molar-refractivity contribution in [1.82, 2.24) is 0 Å². The van der Waals surface area contributed by atoms with Crippen molar-refractivity contribution in [3.05, 3.63) is 40.4 Å². The zero-order valence-corrected chi connectivity index (χ0v) is 7.67. The van der Waals surface area contributed by atoms with E-state index in [1.54, 1.807) is 6.08 Å². The Morgan fingerprint density at radius 1 is 1.50 bits per heavy atom. The van der Waals surface area contributed by atoms with Gasteiger partial charge in [0.2, 0.25) is 0 Å². The van der Waals surface area contributed by atoms with E-state index in [0.717, 1.165) is 16.1 Å². The summed E-state index contributed by atoms with van der Waals surface area (Å²) >= 11 is 5.93. The maximum atomic E-state index is 8.54. The third-order valence-electron chi connectivity index (χ3n) is 1.56. The molecule has 0 amide bonds. The number of halogens is 1. The summed E-state index contributed by atoms with van der Waals surface area (Å²) in [5.41, 5.74) is 2.08. The van der Waals surface area contributed by atoms with Crippen molar-refractivity contribution < 1.29 is 5.11 Å². The Balaban J connectivity index is 2.94. The summed E-state index contributed by atoms with van der Waals surface area (Å²) in [6.45, 7) is 2.04. The Hall–Kier alpha value is -0.790. The number of hydrogen-bond donors (Lipinski definition) is 1. The van der Waals surface area contributed by atoms with Gasteiger partial charge in [-0.3, -0.25) is 0 Å². The summed E-state index contributed by atoms with van der Waals surface area (Å²) in [5.74, 6) is 0. The van der Waals surface area contributed by atoms with Gasteiger partial charge in [0.15, 0.2) is 0 Å². The number of aryl methyl sites for hydroxylation is 1. The predicted molar refractivity (Wildman–Crippen MR) is 52.3 cm³/mol. The predicted octanol–water partition coefficient (Wildman–Crippen LogP) is 2.65. The molecule has 1 N–H and O–H groups in total. The number of benzene rings is 1. The molecule has 0 saturated heterocycles. The fraction of sp³-hybridized carbons (Fsp3) is 0.200. The Morgan fingerprint density at radius 2 is 2.25 bits per heavy atom. The second-order valence-electron chi connectivity index (χ2n) is 2.61. The van der Waals surface area contributed by atoms with Gasteiger partial charge in [0, 0.05) is 5.02 Å². The lowest BCUT2D eigenvalue weighted by atomic mass is 10.1. The van der Waals surface area contributed by atoms with Crippen LogP contribution in [-0.4, -0.2) is 11.7 Å². The van der Waals surface area contributed by atoms with E-state index in [-0.39, 0.29) is 6.61 Å². The average Bonchev–Trinajstić information content (AvgIpc) is 2.03. The molecule has 0 fully saturated rings. The van der Waals surface area contributed by atoms with E-state index in [4.69, 9.17) is 16.7 Å². The van der Waals surface area contributed by atoms with E-state index in [2.05, 4.69) is 0 Å². The molecule has 0 aliphatic heterocycles. The highest BCUT2D eigenvalue weighted by Crippen LogP contribution is 2.18. The summed E-state index contributed by atoms with van der Waals surface area (Å²) in [4.78, 5) is 0. The quantitative estimate of drug-likeness (QED) is 0.746. The van der Waals surface area contributed by atoms with Gasteiger partial charge in [0.1, 0.15) is 0 Å². The van der Waals surface area contributed by atoms with Gasteiger partial charge >= 0.3 is 0 Å². The molecule has 1 aromatic rings. The van der Waals surface area contributed by atoms with Crippen LogP contribution in [0.15, 0.2) is 24.3 Å². The summed E-state index contributed by atoms with van der Waals surface area (Å²) in [6.07, 6.45) is 3.47. The zero-order chi connectivity index (χ0) is 8.97. The number of aliphatic hydroxyl groups is 1. The van der Waals surface area contributed by atoms with E-state index in [1.807, 2.05) is 31.2 Å². The van der Waals surface area contributed by atoms with Crippen molar-refractivity contribution in [2.24, 2.45) is 0 Å². The second kappa shape index (κ2) is 4.29. The topological polar surface area (TPSA) is 20.2 Å². The van der Waals surface area contributed by atoms with Gasteiger partial charge in [-0.15, -0.1) is 0 Å². The molecule has 2 heteroatoms. The molecule has 0 radical (unpaired) electrons. The van der Waals surface area contributed by atoms with Gasteiger partial charge in [-0.25, -0.2) is 0 Å². The Kier molecular flexibility index (Phi) is 3.32. The van der Waals surface area contributed by atoms with Crippen molar-refractivity contribution >= 4 is 17.7 Å². The molecule has 0 aromatic heterocycles. The lowest BCUT2D eigenvalue weighted by Crippen LogP contribution is -1.78. The molecule has 0 unspecified atom stereocenters. The minimum absolute atomic E-state index is 0.0458. The first-order valence-electron chi connectivity index (χ1n) is 3.77. The van der Waals surface area contributed by atoms with Crippen molar-refractivity contribution in [3.8, 4) is 0 Å². The zero-order valence-electron chi connectivity index (χ0n) is 6.92. The van der Waals surface area contributed by atoms with Crippen LogP contribution in [0.1, 0.15) is 11.1 Å². The molecule has 1 nitrogen and oxygen atoms in total. The molecule has 0 aliphatic rings. The van der Waals surface area contributed by atoms with Gasteiger partial charge in [0.25, 0.3) is 0 Å². The Labute approximate surface area is 77.3 Å². The molecular formula is C10H11ClO. The minimum atomic E-state index is 0.0458. The molecule has 12 heavy (non-hydrogen) atoms. The third kappa shape index (κ3) is 2.36. The van der Waals surface area contributed by atoms with Gasteiger partial charge in [-0.1, -0.05) is 35.9 Å². The Morgan fingerprint density at radius 3 is 2.83 bits per heavy atom. The molecule has 1 aromatic carbocycles. The lowest BCUT2D eigenvalue weighted by Gasteiger charge is -1.98. The average molecular weight is 183 g/mol. The van der Waals surface area contributed by atoms with Gasteiger partial charge in [0.05, 0.1) is 6.61 Å². The molecule has 0 saturated carbocycles. The molecule has 0 atom stereocenters. The summed E-state index contributed by atoms with van der Waals surface area (Å²) in [5, 5.41) is 9.27. The van der Waals surface area contributed by atoms with Crippen LogP contribution in [0.4, 0.5) is 0 Å². The smallest absolute Gasteiger partial charge is 0.0615 e. The van der Waals surface area contributed by atoms with Crippen LogP contribution in [0, 0.1) is 6.92 Å². The monoisotopic (exact) mass is 182 g/mol. The number of hydrogen-bond acceptors (Lipinski definition) is 1. The molecule has 0 heterocycles. The summed E-state index contributed by atoms with van der Waals surface area (Å²) < 4.78 is 0. The normalized spacial score (nSPS) is 10.9. The summed E-state index contributed by atoms with van der Waals surface area (Å²) in [6, 6.07) is 5.82. The van der Waals surface area contributed by atoms with Crippen LogP contribution in [0.25, 0.3) is 6.08 Å². The van der Waals surface area contributed by atoms with Gasteiger partial charge in [-0.05, 0) is 24.1 Å². The van der Waals surface area contributed by atoms with Crippen LogP contribution < -0.4 is 0 Å². The van der Waals surface area contributed by atoms with Crippen LogP contribution >= 0.6 is 11.6 Å². The molecule has 1 rings (SSSR count). The van der Waals surface area contributed by atoms with E-state index in [9.17, 15) is 0 Å². The fourth-order valence-electron chi connectivity index (χ4n) is 0.947. The first-order chi connectivity index (χ1) is 5.74. The van der Waals surface area contributed by atoms with E-state index < -0.39 is 0 Å². The molecule has 0 bridgehead atoms. The maximum Gasteiger partial charge on any atom is 0.0615 e. The highest BCUT2D eigenvalue weighted by molar-refractivity contribution is 6.32. The van der Waals surface area contributed by atoms with E-state index >= 15 is 0 Å². The SMILES string of the molecule is Cc1ccc(C=CCO)c(Cl)c1. The molecule has 0 aliphatic carbocycles. The largest absolute Gasteiger partial charge is 0.392 e. The van der Waals surface area contributed by atoms with Crippen molar-refractivity contribution in [3.63, 3.8) is 0 Å². The fourth-order valence-corrected chi connectivity index (χ4v) is 1.25. The first kappa shape index (κ1) is 9.30. The first-order valence-corrected chi connectivity index (χ1v) is 4.15. The molecular weight excluding hydrogens is 172 g/mol. The van der Waals surface area contributed by atoms with E-state index in [1.165, 1.54) is 0 Å². The van der Waals surface area contributed by atoms with Crippen LogP contribution in [0.3, 0.4) is 0 Å². The Bertz CT molecular complexity index is 292. The van der Waals surface area contributed by atoms with Crippen molar-refractivity contribution in [1.29, 1.82) is 0 Å². The molecule has 64 valence electrons. The van der Waals surface area contributed by atoms with Crippen LogP contribution in [0.2, 0.25) is 5.02 Å². The van der Waals surface area contributed by atoms with Gasteiger partial charge in [-0.2, -0.15) is 0 Å². The van der Waals surface area contributed by atoms with Crippen molar-refractivity contribution in [2.45, 2.75) is 6.92 Å². The van der Waals surface area contributed by atoms with Crippen LogP contribution in [-0.2, 0) is 0 Å². The van der Waals surface area contributed by atoms with Gasteiger partial charge < -0.3 is 5.11 Å². The number of rotatable bonds is 2.